The first-order valence-electron chi connectivity index (χ1n) is 7.33. The summed E-state index contributed by atoms with van der Waals surface area (Å²) in [6, 6.07) is -0.208. The van der Waals surface area contributed by atoms with Gasteiger partial charge in [0.2, 0.25) is 0 Å². The second-order valence-corrected chi connectivity index (χ2v) is 5.98. The third kappa shape index (κ3) is 10.6. The highest BCUT2D eigenvalue weighted by Crippen LogP contribution is 2.08. The molecule has 18 heavy (non-hydrogen) atoms. The van der Waals surface area contributed by atoms with E-state index >= 15 is 0 Å². The predicted molar refractivity (Wildman–Crippen MR) is 76.7 cm³/mol. The van der Waals surface area contributed by atoms with Gasteiger partial charge in [0, 0.05) is 0 Å². The number of carbonyl (C=O) groups excluding carboxylic acids is 1. The molecule has 1 unspecified atom stereocenters. The summed E-state index contributed by atoms with van der Waals surface area (Å²) in [6.07, 6.45) is 7.63. The number of nitrogens with one attached hydrogen (secondary N) is 1. The third-order valence-corrected chi connectivity index (χ3v) is 2.74. The van der Waals surface area contributed by atoms with Crippen LogP contribution in [0.1, 0.15) is 73.1 Å². The van der Waals surface area contributed by atoms with Gasteiger partial charge in [0.1, 0.15) is 11.6 Å². The number of unbranched alkanes of at least 4 members (excludes halogenated alkanes) is 5. The molecule has 0 rings (SSSR count). The Balaban J connectivity index is 3.52. The lowest BCUT2D eigenvalue weighted by Crippen LogP contribution is -2.39. The molecule has 0 fully saturated rings. The SMILES string of the molecule is CCCCCCCCNC(C)C(=O)OC(C)(C)C. The molecule has 0 aromatic heterocycles. The molecule has 0 heterocycles. The van der Waals surface area contributed by atoms with Crippen LogP contribution in [0, 0.1) is 0 Å². The van der Waals surface area contributed by atoms with E-state index in [1.54, 1.807) is 0 Å². The van der Waals surface area contributed by atoms with E-state index in [9.17, 15) is 4.79 Å². The van der Waals surface area contributed by atoms with Gasteiger partial charge in [0.15, 0.2) is 0 Å². The van der Waals surface area contributed by atoms with Gasteiger partial charge in [-0.2, -0.15) is 0 Å². The van der Waals surface area contributed by atoms with Gasteiger partial charge >= 0.3 is 5.97 Å². The zero-order valence-electron chi connectivity index (χ0n) is 12.8. The average Bonchev–Trinajstić information content (AvgIpc) is 2.25. The minimum absolute atomic E-state index is 0.159. The fraction of sp³-hybridized carbons (Fsp3) is 0.933. The first-order valence-corrected chi connectivity index (χ1v) is 7.33. The van der Waals surface area contributed by atoms with E-state index in [1.165, 1.54) is 32.1 Å². The van der Waals surface area contributed by atoms with Crippen molar-refractivity contribution in [2.45, 2.75) is 84.8 Å². The summed E-state index contributed by atoms with van der Waals surface area (Å²) in [5, 5.41) is 3.22. The van der Waals surface area contributed by atoms with Crippen LogP contribution in [-0.4, -0.2) is 24.2 Å². The van der Waals surface area contributed by atoms with Crippen molar-refractivity contribution in [3.8, 4) is 0 Å². The molecule has 0 aliphatic carbocycles. The lowest BCUT2D eigenvalue weighted by Gasteiger charge is -2.22. The van der Waals surface area contributed by atoms with Crippen LogP contribution in [0.15, 0.2) is 0 Å². The molecular formula is C15H31NO2. The second-order valence-electron chi connectivity index (χ2n) is 5.98. The van der Waals surface area contributed by atoms with Crippen molar-refractivity contribution >= 4 is 5.97 Å². The highest BCUT2D eigenvalue weighted by molar-refractivity contribution is 5.75. The first-order chi connectivity index (χ1) is 8.37. The molecule has 0 amide bonds. The molecule has 108 valence electrons. The van der Waals surface area contributed by atoms with Crippen molar-refractivity contribution in [1.82, 2.24) is 5.32 Å². The van der Waals surface area contributed by atoms with Crippen LogP contribution in [0.4, 0.5) is 0 Å². The van der Waals surface area contributed by atoms with Crippen LogP contribution in [-0.2, 0) is 9.53 Å². The van der Waals surface area contributed by atoms with Crippen LogP contribution < -0.4 is 5.32 Å². The smallest absolute Gasteiger partial charge is 0.323 e. The topological polar surface area (TPSA) is 38.3 Å². The number of carbonyl (C=O) groups is 1. The van der Waals surface area contributed by atoms with E-state index in [2.05, 4.69) is 12.2 Å². The number of hydrogen-bond acceptors (Lipinski definition) is 3. The van der Waals surface area contributed by atoms with Crippen LogP contribution in [0.3, 0.4) is 0 Å². The molecule has 0 saturated carbocycles. The Morgan fingerprint density at radius 3 is 2.22 bits per heavy atom. The van der Waals surface area contributed by atoms with Gasteiger partial charge in [-0.05, 0) is 40.7 Å². The Morgan fingerprint density at radius 2 is 1.67 bits per heavy atom. The first kappa shape index (κ1) is 17.4. The largest absolute Gasteiger partial charge is 0.459 e. The Bertz CT molecular complexity index is 221. The maximum Gasteiger partial charge on any atom is 0.323 e. The van der Waals surface area contributed by atoms with Crippen molar-refractivity contribution in [2.24, 2.45) is 0 Å². The minimum atomic E-state index is -0.396. The Labute approximate surface area is 113 Å². The van der Waals surface area contributed by atoms with Crippen LogP contribution in [0.5, 0.6) is 0 Å². The van der Waals surface area contributed by atoms with Gasteiger partial charge in [0.05, 0.1) is 0 Å². The Morgan fingerprint density at radius 1 is 1.11 bits per heavy atom. The number of rotatable bonds is 9. The summed E-state index contributed by atoms with van der Waals surface area (Å²) < 4.78 is 5.31. The fourth-order valence-electron chi connectivity index (χ4n) is 1.70. The van der Waals surface area contributed by atoms with Gasteiger partial charge in [-0.1, -0.05) is 39.0 Å². The zero-order valence-corrected chi connectivity index (χ0v) is 12.8. The van der Waals surface area contributed by atoms with E-state index in [4.69, 9.17) is 4.74 Å². The summed E-state index contributed by atoms with van der Waals surface area (Å²) >= 11 is 0. The molecule has 1 N–H and O–H groups in total. The highest BCUT2D eigenvalue weighted by Gasteiger charge is 2.20. The maximum atomic E-state index is 11.7. The second kappa shape index (κ2) is 9.37. The quantitative estimate of drug-likeness (QED) is 0.506. The molecule has 0 aliphatic rings. The number of ether oxygens (including phenoxy) is 1. The van der Waals surface area contributed by atoms with Crippen molar-refractivity contribution in [3.63, 3.8) is 0 Å². The highest BCUT2D eigenvalue weighted by atomic mass is 16.6. The van der Waals surface area contributed by atoms with Gasteiger partial charge < -0.3 is 10.1 Å². The Hall–Kier alpha value is -0.570. The molecule has 0 saturated heterocycles. The molecule has 0 aromatic carbocycles. The van der Waals surface area contributed by atoms with Gasteiger partial charge in [-0.3, -0.25) is 4.79 Å². The zero-order chi connectivity index (χ0) is 14.0. The normalized spacial score (nSPS) is 13.4. The lowest BCUT2D eigenvalue weighted by molar-refractivity contribution is -0.156. The van der Waals surface area contributed by atoms with E-state index in [0.29, 0.717) is 0 Å². The number of hydrogen-bond donors (Lipinski definition) is 1. The van der Waals surface area contributed by atoms with E-state index in [-0.39, 0.29) is 12.0 Å². The van der Waals surface area contributed by atoms with Gasteiger partial charge in [0.25, 0.3) is 0 Å². The van der Waals surface area contributed by atoms with Crippen LogP contribution in [0.2, 0.25) is 0 Å². The predicted octanol–water partition coefficient (Wildman–Crippen LogP) is 3.67. The van der Waals surface area contributed by atoms with Crippen molar-refractivity contribution in [1.29, 1.82) is 0 Å². The summed E-state index contributed by atoms with van der Waals surface area (Å²) in [6.45, 7) is 10.7. The fourth-order valence-corrected chi connectivity index (χ4v) is 1.70. The molecule has 3 nitrogen and oxygen atoms in total. The van der Waals surface area contributed by atoms with Gasteiger partial charge in [-0.15, -0.1) is 0 Å². The van der Waals surface area contributed by atoms with Gasteiger partial charge in [-0.25, -0.2) is 0 Å². The summed E-state index contributed by atoms with van der Waals surface area (Å²) in [4.78, 5) is 11.7. The molecule has 1 atom stereocenters. The summed E-state index contributed by atoms with van der Waals surface area (Å²) in [5.74, 6) is -0.159. The summed E-state index contributed by atoms with van der Waals surface area (Å²) in [5.41, 5.74) is -0.396. The molecule has 0 radical (unpaired) electrons. The van der Waals surface area contributed by atoms with Crippen molar-refractivity contribution in [3.05, 3.63) is 0 Å². The van der Waals surface area contributed by atoms with Crippen LogP contribution in [0.25, 0.3) is 0 Å². The molecule has 0 bridgehead atoms. The maximum absolute atomic E-state index is 11.7. The van der Waals surface area contributed by atoms with Crippen molar-refractivity contribution in [2.75, 3.05) is 6.54 Å². The molecular weight excluding hydrogens is 226 g/mol. The van der Waals surface area contributed by atoms with Crippen LogP contribution >= 0.6 is 0 Å². The molecule has 0 aliphatic heterocycles. The Kier molecular flexibility index (Phi) is 9.08. The third-order valence-electron chi connectivity index (χ3n) is 2.74. The van der Waals surface area contributed by atoms with E-state index < -0.39 is 5.60 Å². The molecule has 0 aromatic rings. The van der Waals surface area contributed by atoms with Crippen molar-refractivity contribution < 1.29 is 9.53 Å². The average molecular weight is 257 g/mol. The molecule has 3 heteroatoms. The molecule has 0 spiro atoms. The van der Waals surface area contributed by atoms with E-state index in [0.717, 1.165) is 13.0 Å². The minimum Gasteiger partial charge on any atom is -0.459 e. The monoisotopic (exact) mass is 257 g/mol. The van der Waals surface area contributed by atoms with E-state index in [1.807, 2.05) is 27.7 Å². The standard InChI is InChI=1S/C15H31NO2/c1-6-7-8-9-10-11-12-16-13(2)14(17)18-15(3,4)5/h13,16H,6-12H2,1-5H3. The summed E-state index contributed by atoms with van der Waals surface area (Å²) in [7, 11) is 0. The lowest BCUT2D eigenvalue weighted by atomic mass is 10.1. The number of esters is 1.